The van der Waals surface area contributed by atoms with E-state index in [1.54, 1.807) is 6.20 Å². The molecule has 0 bridgehead atoms. The Kier molecular flexibility index (Phi) is 6.60. The number of anilines is 1. The van der Waals surface area contributed by atoms with Crippen molar-refractivity contribution in [1.29, 1.82) is 0 Å². The number of rotatable bonds is 8. The fraction of sp³-hybridized carbons (Fsp3) is 0.526. The third kappa shape index (κ3) is 5.05. The SMILES string of the molecule is O=C(c1ccc(NCCCO)nc1)N1CCC(CCn2cccn2)CC1. The largest absolute Gasteiger partial charge is 0.396 e. The van der Waals surface area contributed by atoms with E-state index >= 15 is 0 Å². The molecule has 0 saturated carbocycles. The lowest BCUT2D eigenvalue weighted by atomic mass is 9.93. The zero-order valence-corrected chi connectivity index (χ0v) is 15.0. The summed E-state index contributed by atoms with van der Waals surface area (Å²) in [6, 6.07) is 5.59. The Labute approximate surface area is 154 Å². The highest BCUT2D eigenvalue weighted by Crippen LogP contribution is 2.22. The summed E-state index contributed by atoms with van der Waals surface area (Å²) in [5, 5.41) is 16.2. The van der Waals surface area contributed by atoms with Gasteiger partial charge in [-0.3, -0.25) is 9.48 Å². The quantitative estimate of drug-likeness (QED) is 0.706. The molecule has 2 N–H and O–H groups in total. The maximum Gasteiger partial charge on any atom is 0.255 e. The van der Waals surface area contributed by atoms with Gasteiger partial charge in [0, 0.05) is 51.4 Å². The number of pyridine rings is 1. The van der Waals surface area contributed by atoms with Gasteiger partial charge in [-0.05, 0) is 49.8 Å². The molecule has 2 aromatic heterocycles. The fourth-order valence-corrected chi connectivity index (χ4v) is 3.28. The second-order valence-electron chi connectivity index (χ2n) is 6.73. The highest BCUT2D eigenvalue weighted by molar-refractivity contribution is 5.94. The van der Waals surface area contributed by atoms with Crippen LogP contribution < -0.4 is 5.32 Å². The van der Waals surface area contributed by atoms with Crippen LogP contribution in [0.15, 0.2) is 36.8 Å². The van der Waals surface area contributed by atoms with E-state index in [2.05, 4.69) is 15.4 Å². The molecule has 0 aromatic carbocycles. The topological polar surface area (TPSA) is 83.3 Å². The smallest absolute Gasteiger partial charge is 0.255 e. The molecule has 3 heterocycles. The lowest BCUT2D eigenvalue weighted by molar-refractivity contribution is 0.0684. The molecule has 1 aliphatic rings. The fourth-order valence-electron chi connectivity index (χ4n) is 3.28. The Hall–Kier alpha value is -2.41. The molecule has 2 aromatic rings. The van der Waals surface area contributed by atoms with Crippen LogP contribution in [0.4, 0.5) is 5.82 Å². The van der Waals surface area contributed by atoms with Gasteiger partial charge in [0.25, 0.3) is 5.91 Å². The molecule has 7 heteroatoms. The van der Waals surface area contributed by atoms with Crippen LogP contribution in [0.5, 0.6) is 0 Å². The summed E-state index contributed by atoms with van der Waals surface area (Å²) in [5.41, 5.74) is 0.632. The summed E-state index contributed by atoms with van der Waals surface area (Å²) in [7, 11) is 0. The Balaban J connectivity index is 1.44. The minimum atomic E-state index is 0.0601. The van der Waals surface area contributed by atoms with E-state index in [1.807, 2.05) is 40.2 Å². The predicted octanol–water partition coefficient (Wildman–Crippen LogP) is 2.01. The summed E-state index contributed by atoms with van der Waals surface area (Å²) in [5.74, 6) is 1.44. The van der Waals surface area contributed by atoms with Crippen molar-refractivity contribution in [3.63, 3.8) is 0 Å². The molecule has 0 unspecified atom stereocenters. The second-order valence-corrected chi connectivity index (χ2v) is 6.73. The minimum Gasteiger partial charge on any atom is -0.396 e. The number of amides is 1. The summed E-state index contributed by atoms with van der Waals surface area (Å²) < 4.78 is 1.97. The first kappa shape index (κ1) is 18.4. The normalized spacial score (nSPS) is 15.2. The minimum absolute atomic E-state index is 0.0601. The lowest BCUT2D eigenvalue weighted by Gasteiger charge is -2.32. The number of carbonyl (C=O) groups is 1. The van der Waals surface area contributed by atoms with Gasteiger partial charge in [-0.25, -0.2) is 4.98 Å². The van der Waals surface area contributed by atoms with Crippen LogP contribution in [0.3, 0.4) is 0 Å². The molecule has 26 heavy (non-hydrogen) atoms. The van der Waals surface area contributed by atoms with Crippen molar-refractivity contribution in [1.82, 2.24) is 19.7 Å². The first-order valence-electron chi connectivity index (χ1n) is 9.34. The van der Waals surface area contributed by atoms with E-state index in [9.17, 15) is 4.79 Å². The molecular weight excluding hydrogens is 330 g/mol. The van der Waals surface area contributed by atoms with E-state index < -0.39 is 0 Å². The van der Waals surface area contributed by atoms with Gasteiger partial charge in [-0.15, -0.1) is 0 Å². The van der Waals surface area contributed by atoms with Crippen molar-refractivity contribution in [2.45, 2.75) is 32.2 Å². The molecule has 1 aliphatic heterocycles. The van der Waals surface area contributed by atoms with Gasteiger partial charge in [0.05, 0.1) is 5.56 Å². The van der Waals surface area contributed by atoms with Gasteiger partial charge >= 0.3 is 0 Å². The average Bonchev–Trinajstić information content (AvgIpc) is 3.21. The number of hydrogen-bond donors (Lipinski definition) is 2. The summed E-state index contributed by atoms with van der Waals surface area (Å²) in [6.45, 7) is 3.38. The van der Waals surface area contributed by atoms with Gasteiger partial charge in [0.2, 0.25) is 0 Å². The van der Waals surface area contributed by atoms with Crippen LogP contribution in [0.25, 0.3) is 0 Å². The average molecular weight is 357 g/mol. The maximum absolute atomic E-state index is 12.6. The van der Waals surface area contributed by atoms with Gasteiger partial charge < -0.3 is 15.3 Å². The molecular formula is C19H27N5O2. The number of aromatic nitrogens is 3. The second kappa shape index (κ2) is 9.33. The van der Waals surface area contributed by atoms with Crippen molar-refractivity contribution in [3.05, 3.63) is 42.4 Å². The Morgan fingerprint density at radius 2 is 2.15 bits per heavy atom. The van der Waals surface area contributed by atoms with Gasteiger partial charge in [0.15, 0.2) is 0 Å². The molecule has 0 spiro atoms. The standard InChI is InChI=1S/C19H27N5O2/c25-14-2-8-20-18-4-3-17(15-21-18)19(26)23-11-5-16(6-12-23)7-13-24-10-1-9-22-24/h1,3-4,9-10,15-16,25H,2,5-8,11-14H2,(H,20,21). The Morgan fingerprint density at radius 1 is 1.31 bits per heavy atom. The van der Waals surface area contributed by atoms with E-state index in [4.69, 9.17) is 5.11 Å². The monoisotopic (exact) mass is 357 g/mol. The Morgan fingerprint density at radius 3 is 2.81 bits per heavy atom. The molecule has 140 valence electrons. The van der Waals surface area contributed by atoms with Crippen LogP contribution in [0.2, 0.25) is 0 Å². The summed E-state index contributed by atoms with van der Waals surface area (Å²) in [4.78, 5) is 18.9. The van der Waals surface area contributed by atoms with Gasteiger partial charge in [0.1, 0.15) is 5.82 Å². The zero-order valence-electron chi connectivity index (χ0n) is 15.0. The first-order valence-corrected chi connectivity index (χ1v) is 9.34. The van der Waals surface area contributed by atoms with Crippen molar-refractivity contribution in [3.8, 4) is 0 Å². The molecule has 1 fully saturated rings. The lowest BCUT2D eigenvalue weighted by Crippen LogP contribution is -2.38. The molecule has 0 aliphatic carbocycles. The predicted molar refractivity (Wildman–Crippen MR) is 99.9 cm³/mol. The molecule has 0 atom stereocenters. The number of carbonyl (C=O) groups excluding carboxylic acids is 1. The number of piperidine rings is 1. The van der Waals surface area contributed by atoms with E-state index in [0.29, 0.717) is 24.4 Å². The first-order chi connectivity index (χ1) is 12.8. The molecule has 0 radical (unpaired) electrons. The number of aliphatic hydroxyl groups excluding tert-OH is 1. The number of hydrogen-bond acceptors (Lipinski definition) is 5. The van der Waals surface area contributed by atoms with Crippen LogP contribution in [-0.4, -0.2) is 56.9 Å². The van der Waals surface area contributed by atoms with Crippen LogP contribution in [-0.2, 0) is 6.54 Å². The van der Waals surface area contributed by atoms with Gasteiger partial charge in [-0.1, -0.05) is 0 Å². The Bertz CT molecular complexity index is 664. The molecule has 1 amide bonds. The maximum atomic E-state index is 12.6. The highest BCUT2D eigenvalue weighted by Gasteiger charge is 2.23. The van der Waals surface area contributed by atoms with E-state index in [1.165, 1.54) is 0 Å². The number of aryl methyl sites for hydroxylation is 1. The van der Waals surface area contributed by atoms with E-state index in [-0.39, 0.29) is 12.5 Å². The van der Waals surface area contributed by atoms with Crippen molar-refractivity contribution < 1.29 is 9.90 Å². The van der Waals surface area contributed by atoms with Crippen LogP contribution in [0.1, 0.15) is 36.0 Å². The zero-order chi connectivity index (χ0) is 18.2. The third-order valence-corrected chi connectivity index (χ3v) is 4.88. The van der Waals surface area contributed by atoms with Crippen molar-refractivity contribution >= 4 is 11.7 Å². The number of likely N-dealkylation sites (tertiary alicyclic amines) is 1. The summed E-state index contributed by atoms with van der Waals surface area (Å²) in [6.07, 6.45) is 9.31. The molecule has 1 saturated heterocycles. The highest BCUT2D eigenvalue weighted by atomic mass is 16.3. The van der Waals surface area contributed by atoms with Crippen LogP contribution in [0, 0.1) is 5.92 Å². The number of nitrogens with zero attached hydrogens (tertiary/aromatic N) is 4. The molecule has 7 nitrogen and oxygen atoms in total. The summed E-state index contributed by atoms with van der Waals surface area (Å²) >= 11 is 0. The third-order valence-electron chi connectivity index (χ3n) is 4.88. The van der Waals surface area contributed by atoms with E-state index in [0.717, 1.165) is 44.7 Å². The van der Waals surface area contributed by atoms with Gasteiger partial charge in [-0.2, -0.15) is 5.10 Å². The number of aliphatic hydroxyl groups is 1. The number of nitrogens with one attached hydrogen (secondary N) is 1. The van der Waals surface area contributed by atoms with Crippen molar-refractivity contribution in [2.75, 3.05) is 31.6 Å². The molecule has 3 rings (SSSR count). The van der Waals surface area contributed by atoms with Crippen LogP contribution >= 0.6 is 0 Å². The van der Waals surface area contributed by atoms with Crippen molar-refractivity contribution in [2.24, 2.45) is 5.92 Å².